The zero-order valence-corrected chi connectivity index (χ0v) is 18.7. The lowest BCUT2D eigenvalue weighted by Gasteiger charge is -2.11. The molecule has 5 nitrogen and oxygen atoms in total. The molecule has 0 fully saturated rings. The fourth-order valence-corrected chi connectivity index (χ4v) is 2.80. The Morgan fingerprint density at radius 1 is 0.808 bits per heavy atom. The number of halogens is 2. The number of benzene rings is 2. The van der Waals surface area contributed by atoms with E-state index in [0.29, 0.717) is 13.1 Å². The first-order valence-corrected chi connectivity index (χ1v) is 8.23. The molecule has 0 bridgehead atoms. The number of rotatable bonds is 4. The molecular formula is C17H19Br2N5S2. The van der Waals surface area contributed by atoms with Crippen molar-refractivity contribution in [2.75, 3.05) is 0 Å². The minimum absolute atomic E-state index is 0. The number of pyridine rings is 1. The quantitative estimate of drug-likeness (QED) is 0.312. The van der Waals surface area contributed by atoms with Crippen LogP contribution in [-0.4, -0.2) is 15.2 Å². The Morgan fingerprint density at radius 3 is 1.62 bits per heavy atom. The van der Waals surface area contributed by atoms with Gasteiger partial charge >= 0.3 is 0 Å². The van der Waals surface area contributed by atoms with Crippen LogP contribution >= 0.6 is 58.4 Å². The summed E-state index contributed by atoms with van der Waals surface area (Å²) in [6.07, 6.45) is 0. The summed E-state index contributed by atoms with van der Waals surface area (Å²) in [7, 11) is 0. The molecule has 0 saturated heterocycles. The fourth-order valence-electron chi connectivity index (χ4n) is 2.66. The summed E-state index contributed by atoms with van der Waals surface area (Å²) < 4.78 is 0. The molecule has 0 aliphatic carbocycles. The number of fused-ring (bicyclic) bond motifs is 2. The number of nitrogens with one attached hydrogen (secondary N) is 2. The molecule has 3 aromatic rings. The summed E-state index contributed by atoms with van der Waals surface area (Å²) in [4.78, 5) is 4.89. The Kier molecular flexibility index (Phi) is 8.61. The van der Waals surface area contributed by atoms with Gasteiger partial charge in [0, 0.05) is 23.9 Å². The van der Waals surface area contributed by atoms with E-state index in [1.807, 2.05) is 36.4 Å². The van der Waals surface area contributed by atoms with E-state index in [1.54, 1.807) is 0 Å². The van der Waals surface area contributed by atoms with E-state index in [1.165, 1.54) is 0 Å². The highest BCUT2D eigenvalue weighted by atomic mass is 79.9. The lowest BCUT2D eigenvalue weighted by Crippen LogP contribution is -2.28. The van der Waals surface area contributed by atoms with Gasteiger partial charge in [-0.05, 0) is 41.6 Å². The molecule has 138 valence electrons. The van der Waals surface area contributed by atoms with Gasteiger partial charge in [-0.1, -0.05) is 36.4 Å². The van der Waals surface area contributed by atoms with E-state index in [2.05, 4.69) is 16.7 Å². The van der Waals surface area contributed by atoms with Crippen LogP contribution in [0.15, 0.2) is 42.5 Å². The van der Waals surface area contributed by atoms with Crippen LogP contribution in [0.3, 0.4) is 0 Å². The highest BCUT2D eigenvalue weighted by Crippen LogP contribution is 2.24. The van der Waals surface area contributed by atoms with Gasteiger partial charge in [0.1, 0.15) is 0 Å². The Labute approximate surface area is 183 Å². The molecule has 3 rings (SSSR count). The van der Waals surface area contributed by atoms with Gasteiger partial charge in [0.15, 0.2) is 10.2 Å². The first kappa shape index (κ1) is 22.5. The predicted octanol–water partition coefficient (Wildman–Crippen LogP) is 3.21. The van der Waals surface area contributed by atoms with Gasteiger partial charge in [-0.15, -0.1) is 34.0 Å². The molecule has 0 saturated carbocycles. The van der Waals surface area contributed by atoms with Crippen LogP contribution in [0.4, 0.5) is 0 Å². The number of hydrogen-bond donors (Lipinski definition) is 4. The van der Waals surface area contributed by atoms with Crippen molar-refractivity contribution >= 4 is 90.4 Å². The Hall–Kier alpha value is -1.55. The van der Waals surface area contributed by atoms with Crippen LogP contribution in [0.1, 0.15) is 11.1 Å². The van der Waals surface area contributed by atoms with Gasteiger partial charge in [-0.2, -0.15) is 0 Å². The third-order valence-electron chi connectivity index (χ3n) is 3.74. The van der Waals surface area contributed by atoms with Gasteiger partial charge in [0.05, 0.1) is 11.0 Å². The van der Waals surface area contributed by atoms with Crippen LogP contribution in [0.25, 0.3) is 21.8 Å². The van der Waals surface area contributed by atoms with Crippen molar-refractivity contribution in [3.8, 4) is 0 Å². The van der Waals surface area contributed by atoms with Crippen molar-refractivity contribution in [3.05, 3.63) is 53.6 Å². The molecule has 0 amide bonds. The lowest BCUT2D eigenvalue weighted by atomic mass is 10.0. The minimum Gasteiger partial charge on any atom is -0.376 e. The Morgan fingerprint density at radius 2 is 1.23 bits per heavy atom. The minimum atomic E-state index is 0. The van der Waals surface area contributed by atoms with Crippen LogP contribution < -0.4 is 22.1 Å². The third kappa shape index (κ3) is 5.23. The molecule has 1 aromatic heterocycles. The smallest absolute Gasteiger partial charge is 0.163 e. The molecule has 2 aromatic carbocycles. The molecule has 1 heterocycles. The normalized spacial score (nSPS) is 9.85. The topological polar surface area (TPSA) is 89.0 Å². The van der Waals surface area contributed by atoms with Crippen molar-refractivity contribution in [2.45, 2.75) is 13.1 Å². The second kappa shape index (κ2) is 9.96. The Balaban J connectivity index is 0.00000169. The fraction of sp³-hybridized carbons (Fsp3) is 0.118. The van der Waals surface area contributed by atoms with Crippen molar-refractivity contribution in [1.82, 2.24) is 15.6 Å². The van der Waals surface area contributed by atoms with Gasteiger partial charge < -0.3 is 22.1 Å². The van der Waals surface area contributed by atoms with E-state index >= 15 is 0 Å². The van der Waals surface area contributed by atoms with Crippen molar-refractivity contribution in [3.63, 3.8) is 0 Å². The maximum atomic E-state index is 5.53. The number of nitrogens with two attached hydrogens (primary N) is 2. The first-order chi connectivity index (χ1) is 11.5. The molecular weight excluding hydrogens is 498 g/mol. The highest BCUT2D eigenvalue weighted by molar-refractivity contribution is 8.93. The summed E-state index contributed by atoms with van der Waals surface area (Å²) in [5, 5.41) is 8.65. The molecule has 0 spiro atoms. The first-order valence-electron chi connectivity index (χ1n) is 7.41. The second-order valence-corrected chi connectivity index (χ2v) is 6.28. The molecule has 0 atom stereocenters. The largest absolute Gasteiger partial charge is 0.376 e. The molecule has 26 heavy (non-hydrogen) atoms. The zero-order valence-electron chi connectivity index (χ0n) is 13.7. The molecule has 9 heteroatoms. The SMILES string of the molecule is Br.Br.NC(=S)NCc1cccc2cc3cccc(CNC(N)=S)c3nc12. The van der Waals surface area contributed by atoms with E-state index < -0.39 is 0 Å². The third-order valence-corrected chi connectivity index (χ3v) is 4.03. The predicted molar refractivity (Wildman–Crippen MR) is 127 cm³/mol. The van der Waals surface area contributed by atoms with Crippen LogP contribution in [-0.2, 0) is 13.1 Å². The number of nitrogens with zero attached hydrogens (tertiary/aromatic N) is 1. The van der Waals surface area contributed by atoms with Gasteiger partial charge in [-0.3, -0.25) is 0 Å². The molecule has 0 radical (unpaired) electrons. The summed E-state index contributed by atoms with van der Waals surface area (Å²) in [6.45, 7) is 1.08. The van der Waals surface area contributed by atoms with Crippen molar-refractivity contribution in [1.29, 1.82) is 0 Å². The lowest BCUT2D eigenvalue weighted by molar-refractivity contribution is 0.921. The zero-order chi connectivity index (χ0) is 17.1. The number of aromatic nitrogens is 1. The average Bonchev–Trinajstić information content (AvgIpc) is 2.56. The maximum Gasteiger partial charge on any atom is 0.163 e. The average molecular weight is 517 g/mol. The van der Waals surface area contributed by atoms with E-state index in [-0.39, 0.29) is 44.2 Å². The van der Waals surface area contributed by atoms with Gasteiger partial charge in [-0.25, -0.2) is 4.98 Å². The summed E-state index contributed by atoms with van der Waals surface area (Å²) in [6, 6.07) is 14.3. The number of thiocarbonyl (C=S) groups is 2. The number of para-hydroxylation sites is 2. The highest BCUT2D eigenvalue weighted by Gasteiger charge is 2.08. The summed E-state index contributed by atoms with van der Waals surface area (Å²) >= 11 is 9.78. The summed E-state index contributed by atoms with van der Waals surface area (Å²) in [5.74, 6) is 0. The second-order valence-electron chi connectivity index (χ2n) is 5.40. The van der Waals surface area contributed by atoms with Crippen LogP contribution in [0.2, 0.25) is 0 Å². The van der Waals surface area contributed by atoms with Gasteiger partial charge in [0.2, 0.25) is 0 Å². The van der Waals surface area contributed by atoms with Gasteiger partial charge in [0.25, 0.3) is 0 Å². The van der Waals surface area contributed by atoms with Crippen molar-refractivity contribution < 1.29 is 0 Å². The monoisotopic (exact) mass is 515 g/mol. The van der Waals surface area contributed by atoms with E-state index in [0.717, 1.165) is 32.9 Å². The molecule has 0 aliphatic rings. The van der Waals surface area contributed by atoms with E-state index in [9.17, 15) is 0 Å². The van der Waals surface area contributed by atoms with Crippen LogP contribution in [0.5, 0.6) is 0 Å². The maximum absolute atomic E-state index is 5.53. The van der Waals surface area contributed by atoms with Crippen LogP contribution in [0, 0.1) is 0 Å². The summed E-state index contributed by atoms with van der Waals surface area (Å²) in [5.41, 5.74) is 15.0. The van der Waals surface area contributed by atoms with Crippen molar-refractivity contribution in [2.24, 2.45) is 11.5 Å². The molecule has 6 N–H and O–H groups in total. The standard InChI is InChI=1S/C17H17N5S2.2BrH/c18-16(23)20-8-12-5-1-3-10-7-11-4-2-6-13(9-21-17(19)24)15(11)22-14(10)12;;/h1-7H,8-9H2,(H3,18,20,23)(H3,19,21,24);2*1H. The Bertz CT molecular complexity index is 876. The van der Waals surface area contributed by atoms with E-state index in [4.69, 9.17) is 40.9 Å². The molecule has 0 unspecified atom stereocenters. The number of hydrogen-bond acceptors (Lipinski definition) is 3. The molecule has 0 aliphatic heterocycles.